The Bertz CT molecular complexity index is 579. The molecule has 112 valence electrons. The summed E-state index contributed by atoms with van der Waals surface area (Å²) in [5.74, 6) is 1.73. The van der Waals surface area contributed by atoms with Crippen LogP contribution in [0.1, 0.15) is 36.6 Å². The largest absolute Gasteiger partial charge is 0.497 e. The van der Waals surface area contributed by atoms with Crippen LogP contribution in [0.25, 0.3) is 0 Å². The molecule has 2 rings (SSSR count). The van der Waals surface area contributed by atoms with Crippen molar-refractivity contribution < 1.29 is 4.74 Å². The van der Waals surface area contributed by atoms with Crippen LogP contribution in [0.15, 0.2) is 30.3 Å². The highest BCUT2D eigenvalue weighted by Gasteiger charge is 2.05. The molecule has 1 aromatic carbocycles. The molecule has 0 unspecified atom stereocenters. The summed E-state index contributed by atoms with van der Waals surface area (Å²) in [6.07, 6.45) is 0.736. The molecule has 0 saturated heterocycles. The molecule has 0 radical (unpaired) electrons. The second kappa shape index (κ2) is 7.18. The summed E-state index contributed by atoms with van der Waals surface area (Å²) in [5, 5.41) is 3.39. The summed E-state index contributed by atoms with van der Waals surface area (Å²) in [4.78, 5) is 9.17. The summed E-state index contributed by atoms with van der Waals surface area (Å²) in [7, 11) is 1.67. The second-order valence-electron chi connectivity index (χ2n) is 5.48. The topological polar surface area (TPSA) is 47.0 Å². The monoisotopic (exact) mass is 285 g/mol. The predicted molar refractivity (Wildman–Crippen MR) is 84.5 cm³/mol. The molecule has 4 nitrogen and oxygen atoms in total. The first-order valence-corrected chi connectivity index (χ1v) is 7.26. The van der Waals surface area contributed by atoms with Gasteiger partial charge in [0.15, 0.2) is 0 Å². The number of hydrogen-bond donors (Lipinski definition) is 1. The van der Waals surface area contributed by atoms with Crippen molar-refractivity contribution in [3.05, 3.63) is 53.1 Å². The van der Waals surface area contributed by atoms with Crippen LogP contribution in [0.2, 0.25) is 0 Å². The van der Waals surface area contributed by atoms with E-state index < -0.39 is 0 Å². The van der Waals surface area contributed by atoms with Crippen molar-refractivity contribution in [2.45, 2.75) is 39.8 Å². The van der Waals surface area contributed by atoms with E-state index in [0.29, 0.717) is 6.04 Å². The maximum atomic E-state index is 5.17. The summed E-state index contributed by atoms with van der Waals surface area (Å²) in [6.45, 7) is 7.05. The van der Waals surface area contributed by atoms with Crippen LogP contribution < -0.4 is 10.1 Å². The molecule has 21 heavy (non-hydrogen) atoms. The number of rotatable bonds is 6. The van der Waals surface area contributed by atoms with Gasteiger partial charge in [0.1, 0.15) is 11.6 Å². The molecule has 0 saturated carbocycles. The lowest BCUT2D eigenvalue weighted by molar-refractivity contribution is 0.414. The van der Waals surface area contributed by atoms with E-state index in [1.54, 1.807) is 7.11 Å². The van der Waals surface area contributed by atoms with Gasteiger partial charge in [0, 0.05) is 24.7 Å². The van der Waals surface area contributed by atoms with Crippen molar-refractivity contribution in [2.24, 2.45) is 0 Å². The Morgan fingerprint density at radius 3 is 2.48 bits per heavy atom. The first kappa shape index (κ1) is 15.4. The summed E-state index contributed by atoms with van der Waals surface area (Å²) < 4.78 is 5.17. The fraction of sp³-hybridized carbons (Fsp3) is 0.412. The molecule has 0 bridgehead atoms. The molecule has 0 spiro atoms. The van der Waals surface area contributed by atoms with Crippen molar-refractivity contribution >= 4 is 0 Å². The maximum absolute atomic E-state index is 5.17. The number of benzene rings is 1. The van der Waals surface area contributed by atoms with Gasteiger partial charge >= 0.3 is 0 Å². The van der Waals surface area contributed by atoms with Crippen molar-refractivity contribution in [2.75, 3.05) is 7.11 Å². The zero-order chi connectivity index (χ0) is 15.2. The lowest BCUT2D eigenvalue weighted by Gasteiger charge is -2.10. The van der Waals surface area contributed by atoms with Gasteiger partial charge in [-0.05, 0) is 30.7 Å². The normalized spacial score (nSPS) is 10.9. The Labute approximate surface area is 126 Å². The van der Waals surface area contributed by atoms with E-state index in [1.165, 1.54) is 5.56 Å². The third-order valence-corrected chi connectivity index (χ3v) is 3.17. The maximum Gasteiger partial charge on any atom is 0.133 e. The van der Waals surface area contributed by atoms with Crippen LogP contribution in [-0.4, -0.2) is 23.1 Å². The fourth-order valence-electron chi connectivity index (χ4n) is 2.10. The van der Waals surface area contributed by atoms with Crippen LogP contribution in [0.5, 0.6) is 5.75 Å². The number of ether oxygens (including phenoxy) is 1. The van der Waals surface area contributed by atoms with E-state index in [2.05, 4.69) is 41.3 Å². The standard InChI is InChI=1S/C17H23N3O/c1-12(2)18-11-15-9-13(3)19-17(20-15)10-14-5-7-16(21-4)8-6-14/h5-9,12,18H,10-11H2,1-4H3. The smallest absolute Gasteiger partial charge is 0.133 e. The number of nitrogens with zero attached hydrogens (tertiary/aromatic N) is 2. The summed E-state index contributed by atoms with van der Waals surface area (Å²) in [5.41, 5.74) is 3.23. The molecule has 1 N–H and O–H groups in total. The number of methoxy groups -OCH3 is 1. The van der Waals surface area contributed by atoms with E-state index in [-0.39, 0.29) is 0 Å². The van der Waals surface area contributed by atoms with Gasteiger partial charge in [0.25, 0.3) is 0 Å². The van der Waals surface area contributed by atoms with Gasteiger partial charge in [-0.2, -0.15) is 0 Å². The number of aryl methyl sites for hydroxylation is 1. The zero-order valence-electron chi connectivity index (χ0n) is 13.2. The van der Waals surface area contributed by atoms with Gasteiger partial charge in [0.2, 0.25) is 0 Å². The van der Waals surface area contributed by atoms with Gasteiger partial charge in [-0.25, -0.2) is 9.97 Å². The first-order valence-electron chi connectivity index (χ1n) is 7.26. The quantitative estimate of drug-likeness (QED) is 0.886. The summed E-state index contributed by atoms with van der Waals surface area (Å²) >= 11 is 0. The molecule has 0 aliphatic heterocycles. The van der Waals surface area contributed by atoms with Crippen LogP contribution in [-0.2, 0) is 13.0 Å². The van der Waals surface area contributed by atoms with Crippen LogP contribution in [0.3, 0.4) is 0 Å². The van der Waals surface area contributed by atoms with Gasteiger partial charge in [0.05, 0.1) is 12.8 Å². The second-order valence-corrected chi connectivity index (χ2v) is 5.48. The molecule has 4 heteroatoms. The van der Waals surface area contributed by atoms with Crippen molar-refractivity contribution in [1.82, 2.24) is 15.3 Å². The first-order chi connectivity index (χ1) is 10.1. The molecular formula is C17H23N3O. The minimum atomic E-state index is 0.449. The van der Waals surface area contributed by atoms with E-state index in [4.69, 9.17) is 4.74 Å². The van der Waals surface area contributed by atoms with Crippen LogP contribution in [0.4, 0.5) is 0 Å². The highest BCUT2D eigenvalue weighted by atomic mass is 16.5. The molecule has 0 aliphatic rings. The molecule has 1 heterocycles. The van der Waals surface area contributed by atoms with Crippen molar-refractivity contribution in [3.63, 3.8) is 0 Å². The van der Waals surface area contributed by atoms with E-state index >= 15 is 0 Å². The van der Waals surface area contributed by atoms with Crippen LogP contribution >= 0.6 is 0 Å². The third-order valence-electron chi connectivity index (χ3n) is 3.17. The number of nitrogens with one attached hydrogen (secondary N) is 1. The Balaban J connectivity index is 2.11. The molecule has 0 fully saturated rings. The van der Waals surface area contributed by atoms with E-state index in [1.807, 2.05) is 25.1 Å². The van der Waals surface area contributed by atoms with Crippen molar-refractivity contribution in [1.29, 1.82) is 0 Å². The average molecular weight is 285 g/mol. The molecular weight excluding hydrogens is 262 g/mol. The molecule has 1 aromatic heterocycles. The molecule has 2 aromatic rings. The van der Waals surface area contributed by atoms with E-state index in [0.717, 1.165) is 35.9 Å². The summed E-state index contributed by atoms with van der Waals surface area (Å²) in [6, 6.07) is 10.5. The van der Waals surface area contributed by atoms with Crippen LogP contribution in [0, 0.1) is 6.92 Å². The van der Waals surface area contributed by atoms with Gasteiger partial charge in [-0.3, -0.25) is 0 Å². The highest BCUT2D eigenvalue weighted by molar-refractivity contribution is 5.29. The Morgan fingerprint density at radius 1 is 1.14 bits per heavy atom. The fourth-order valence-corrected chi connectivity index (χ4v) is 2.10. The number of aromatic nitrogens is 2. The lowest BCUT2D eigenvalue weighted by atomic mass is 10.1. The average Bonchev–Trinajstić information content (AvgIpc) is 2.45. The number of hydrogen-bond acceptors (Lipinski definition) is 4. The highest BCUT2D eigenvalue weighted by Crippen LogP contribution is 2.14. The Hall–Kier alpha value is -1.94. The van der Waals surface area contributed by atoms with Gasteiger partial charge in [-0.1, -0.05) is 26.0 Å². The molecule has 0 aliphatic carbocycles. The SMILES string of the molecule is COc1ccc(Cc2nc(C)cc(CNC(C)C)n2)cc1. The Kier molecular flexibility index (Phi) is 5.28. The van der Waals surface area contributed by atoms with E-state index in [9.17, 15) is 0 Å². The zero-order valence-corrected chi connectivity index (χ0v) is 13.2. The Morgan fingerprint density at radius 2 is 1.86 bits per heavy atom. The van der Waals surface area contributed by atoms with Crippen molar-refractivity contribution in [3.8, 4) is 5.75 Å². The molecule has 0 amide bonds. The predicted octanol–water partition coefficient (Wildman–Crippen LogP) is 2.88. The minimum Gasteiger partial charge on any atom is -0.497 e. The lowest BCUT2D eigenvalue weighted by Crippen LogP contribution is -2.23. The van der Waals surface area contributed by atoms with Gasteiger partial charge < -0.3 is 10.1 Å². The minimum absolute atomic E-state index is 0.449. The third kappa shape index (κ3) is 4.83. The molecule has 0 atom stereocenters. The van der Waals surface area contributed by atoms with Gasteiger partial charge in [-0.15, -0.1) is 0 Å².